The first-order chi connectivity index (χ1) is 12.0. The van der Waals surface area contributed by atoms with E-state index in [1.165, 1.54) is 7.11 Å². The van der Waals surface area contributed by atoms with Crippen molar-refractivity contribution in [2.75, 3.05) is 27.4 Å². The van der Waals surface area contributed by atoms with E-state index in [4.69, 9.17) is 14.2 Å². The number of rotatable bonds is 8. The number of esters is 1. The molecule has 136 valence electrons. The van der Waals surface area contributed by atoms with Crippen molar-refractivity contribution in [1.82, 2.24) is 14.8 Å². The number of hydrogen-bond donors (Lipinski definition) is 0. The summed E-state index contributed by atoms with van der Waals surface area (Å²) in [5.41, 5.74) is 2.05. The zero-order valence-electron chi connectivity index (χ0n) is 15.4. The van der Waals surface area contributed by atoms with E-state index in [0.29, 0.717) is 18.3 Å². The summed E-state index contributed by atoms with van der Waals surface area (Å²) in [4.78, 5) is 16.5. The molecule has 1 aromatic carbocycles. The molecule has 2 aromatic rings. The lowest BCUT2D eigenvalue weighted by atomic mass is 10.0. The van der Waals surface area contributed by atoms with Crippen LogP contribution in [0, 0.1) is 6.92 Å². The van der Waals surface area contributed by atoms with Gasteiger partial charge in [0.25, 0.3) is 5.82 Å². The fourth-order valence-corrected chi connectivity index (χ4v) is 2.48. The molecule has 0 aliphatic carbocycles. The van der Waals surface area contributed by atoms with Gasteiger partial charge in [0, 0.05) is 14.2 Å². The van der Waals surface area contributed by atoms with Gasteiger partial charge in [-0.15, -0.1) is 5.10 Å². The lowest BCUT2D eigenvalue weighted by Gasteiger charge is -2.13. The van der Waals surface area contributed by atoms with Gasteiger partial charge in [-0.25, -0.2) is 14.5 Å². The SMILES string of the molecule is COC[C@@H](COC(=O)c1nc(C)n(-c2ccccc2C(C)C)n1)OC. The standard InChI is InChI=1S/C18H25N3O4/c1-12(2)15-8-6-7-9-16(15)21-13(3)19-17(20-21)18(22)25-11-14(24-5)10-23-4/h6-9,12,14H,10-11H2,1-5H3/t14-/m0/s1. The Morgan fingerprint density at radius 1 is 1.20 bits per heavy atom. The number of ether oxygens (including phenoxy) is 3. The van der Waals surface area contributed by atoms with Crippen LogP contribution in [-0.2, 0) is 14.2 Å². The van der Waals surface area contributed by atoms with Crippen LogP contribution in [0.5, 0.6) is 0 Å². The molecule has 25 heavy (non-hydrogen) atoms. The molecule has 7 heteroatoms. The van der Waals surface area contributed by atoms with Crippen molar-refractivity contribution in [1.29, 1.82) is 0 Å². The second-order valence-corrected chi connectivity index (χ2v) is 6.02. The van der Waals surface area contributed by atoms with Crippen LogP contribution in [0.3, 0.4) is 0 Å². The summed E-state index contributed by atoms with van der Waals surface area (Å²) < 4.78 is 17.1. The molecule has 0 aliphatic rings. The van der Waals surface area contributed by atoms with E-state index in [-0.39, 0.29) is 18.5 Å². The molecule has 2 rings (SSSR count). The third kappa shape index (κ3) is 4.64. The second kappa shape index (κ2) is 8.73. The van der Waals surface area contributed by atoms with Crippen molar-refractivity contribution >= 4 is 5.97 Å². The molecule has 1 aromatic heterocycles. The van der Waals surface area contributed by atoms with E-state index < -0.39 is 5.97 Å². The average molecular weight is 347 g/mol. The topological polar surface area (TPSA) is 75.5 Å². The van der Waals surface area contributed by atoms with Gasteiger partial charge < -0.3 is 14.2 Å². The Hall–Kier alpha value is -2.25. The molecule has 0 radical (unpaired) electrons. The highest BCUT2D eigenvalue weighted by Gasteiger charge is 2.20. The number of carbonyl (C=O) groups excluding carboxylic acids is 1. The van der Waals surface area contributed by atoms with Gasteiger partial charge in [0.1, 0.15) is 18.5 Å². The summed E-state index contributed by atoms with van der Waals surface area (Å²) in [5.74, 6) is 0.400. The Bertz CT molecular complexity index is 712. The molecule has 7 nitrogen and oxygen atoms in total. The minimum Gasteiger partial charge on any atom is -0.457 e. The van der Waals surface area contributed by atoms with Crippen molar-refractivity contribution in [2.45, 2.75) is 32.8 Å². The van der Waals surface area contributed by atoms with E-state index in [0.717, 1.165) is 11.3 Å². The molecule has 1 heterocycles. The Kier molecular flexibility index (Phi) is 6.66. The first-order valence-electron chi connectivity index (χ1n) is 8.19. The molecular weight excluding hydrogens is 322 g/mol. The van der Waals surface area contributed by atoms with Gasteiger partial charge in [-0.05, 0) is 24.5 Å². The van der Waals surface area contributed by atoms with Crippen LogP contribution < -0.4 is 0 Å². The largest absolute Gasteiger partial charge is 0.457 e. The first-order valence-corrected chi connectivity index (χ1v) is 8.19. The van der Waals surface area contributed by atoms with Gasteiger partial charge in [0.2, 0.25) is 0 Å². The fraction of sp³-hybridized carbons (Fsp3) is 0.500. The van der Waals surface area contributed by atoms with Crippen molar-refractivity contribution < 1.29 is 19.0 Å². The van der Waals surface area contributed by atoms with Crippen LogP contribution in [0.1, 0.15) is 41.8 Å². The highest BCUT2D eigenvalue weighted by Crippen LogP contribution is 2.23. The summed E-state index contributed by atoms with van der Waals surface area (Å²) in [5, 5.41) is 4.33. The van der Waals surface area contributed by atoms with E-state index in [9.17, 15) is 4.79 Å². The summed E-state index contributed by atoms with van der Waals surface area (Å²) in [7, 11) is 3.10. The van der Waals surface area contributed by atoms with Gasteiger partial charge in [-0.1, -0.05) is 32.0 Å². The van der Waals surface area contributed by atoms with Crippen molar-refractivity contribution in [3.8, 4) is 5.69 Å². The molecule has 0 bridgehead atoms. The lowest BCUT2D eigenvalue weighted by molar-refractivity contribution is -0.0210. The molecular formula is C18H25N3O4. The Labute approximate surface area is 147 Å². The summed E-state index contributed by atoms with van der Waals surface area (Å²) in [6.07, 6.45) is -0.321. The highest BCUT2D eigenvalue weighted by atomic mass is 16.6. The van der Waals surface area contributed by atoms with Crippen molar-refractivity contribution in [3.63, 3.8) is 0 Å². The third-order valence-electron chi connectivity index (χ3n) is 3.82. The average Bonchev–Trinajstić information content (AvgIpc) is 3.00. The Morgan fingerprint density at radius 2 is 1.92 bits per heavy atom. The number of methoxy groups -OCH3 is 2. The van der Waals surface area contributed by atoms with Crippen LogP contribution >= 0.6 is 0 Å². The maximum absolute atomic E-state index is 12.2. The molecule has 0 saturated heterocycles. The van der Waals surface area contributed by atoms with Crippen LogP contribution in [0.25, 0.3) is 5.69 Å². The highest BCUT2D eigenvalue weighted by molar-refractivity contribution is 5.85. The third-order valence-corrected chi connectivity index (χ3v) is 3.82. The van der Waals surface area contributed by atoms with Crippen molar-refractivity contribution in [2.24, 2.45) is 0 Å². The van der Waals surface area contributed by atoms with E-state index in [1.807, 2.05) is 31.2 Å². The van der Waals surface area contributed by atoms with Crippen LogP contribution in [-0.4, -0.2) is 54.3 Å². The summed E-state index contributed by atoms with van der Waals surface area (Å²) in [6.45, 7) is 6.46. The molecule has 0 aliphatic heterocycles. The number of aromatic nitrogens is 3. The van der Waals surface area contributed by atoms with Crippen LogP contribution in [0.15, 0.2) is 24.3 Å². The molecule has 0 amide bonds. The van der Waals surface area contributed by atoms with Gasteiger partial charge >= 0.3 is 5.97 Å². The summed E-state index contributed by atoms with van der Waals surface area (Å²) in [6, 6.07) is 7.94. The molecule has 0 spiro atoms. The number of carbonyl (C=O) groups is 1. The maximum atomic E-state index is 12.2. The van der Waals surface area contributed by atoms with Gasteiger partial charge in [-0.2, -0.15) is 0 Å². The predicted molar refractivity (Wildman–Crippen MR) is 93.1 cm³/mol. The number of nitrogens with zero attached hydrogens (tertiary/aromatic N) is 3. The van der Waals surface area contributed by atoms with Crippen LogP contribution in [0.4, 0.5) is 0 Å². The van der Waals surface area contributed by atoms with Crippen LogP contribution in [0.2, 0.25) is 0 Å². The molecule has 0 saturated carbocycles. The quantitative estimate of drug-likeness (QED) is 0.683. The normalized spacial score (nSPS) is 12.4. The number of benzene rings is 1. The van der Waals surface area contributed by atoms with E-state index in [1.54, 1.807) is 11.8 Å². The molecule has 1 atom stereocenters. The van der Waals surface area contributed by atoms with Gasteiger partial charge in [0.15, 0.2) is 0 Å². The van der Waals surface area contributed by atoms with Gasteiger partial charge in [-0.3, -0.25) is 0 Å². The minimum atomic E-state index is -0.581. The zero-order chi connectivity index (χ0) is 18.4. The molecule has 0 fully saturated rings. The fourth-order valence-electron chi connectivity index (χ4n) is 2.48. The number of aryl methyl sites for hydroxylation is 1. The maximum Gasteiger partial charge on any atom is 0.378 e. The predicted octanol–water partition coefficient (Wildman–Crippen LogP) is 2.52. The Morgan fingerprint density at radius 3 is 2.56 bits per heavy atom. The van der Waals surface area contributed by atoms with E-state index >= 15 is 0 Å². The lowest BCUT2D eigenvalue weighted by Crippen LogP contribution is -2.25. The Balaban J connectivity index is 2.19. The second-order valence-electron chi connectivity index (χ2n) is 6.02. The van der Waals surface area contributed by atoms with E-state index in [2.05, 4.69) is 23.9 Å². The smallest absolute Gasteiger partial charge is 0.378 e. The summed E-state index contributed by atoms with van der Waals surface area (Å²) >= 11 is 0. The molecule has 0 unspecified atom stereocenters. The zero-order valence-corrected chi connectivity index (χ0v) is 15.4. The first kappa shape index (κ1) is 19.1. The van der Waals surface area contributed by atoms with Crippen molar-refractivity contribution in [3.05, 3.63) is 41.5 Å². The van der Waals surface area contributed by atoms with Gasteiger partial charge in [0.05, 0.1) is 12.3 Å². The monoisotopic (exact) mass is 347 g/mol. The molecule has 0 N–H and O–H groups in total. The number of hydrogen-bond acceptors (Lipinski definition) is 6. The minimum absolute atomic E-state index is 0.0309. The number of para-hydroxylation sites is 1.